The maximum Gasteiger partial charge on any atom is 0.234 e. The molecule has 2 heteroatoms. The van der Waals surface area contributed by atoms with Crippen molar-refractivity contribution in [1.29, 1.82) is 0 Å². The van der Waals surface area contributed by atoms with E-state index in [1.165, 1.54) is 5.57 Å². The monoisotopic (exact) mass is 338 g/mol. The van der Waals surface area contributed by atoms with Crippen LogP contribution in [0.2, 0.25) is 0 Å². The van der Waals surface area contributed by atoms with Crippen molar-refractivity contribution in [3.63, 3.8) is 0 Å². The van der Waals surface area contributed by atoms with Gasteiger partial charge in [0, 0.05) is 6.42 Å². The summed E-state index contributed by atoms with van der Waals surface area (Å²) in [4.78, 5) is 0. The van der Waals surface area contributed by atoms with E-state index in [1.807, 2.05) is 67.6 Å². The minimum absolute atomic E-state index is 0.349. The number of para-hydroxylation sites is 1. The molecule has 0 aromatic heterocycles. The Balaban J connectivity index is 2.49. The summed E-state index contributed by atoms with van der Waals surface area (Å²) >= 11 is 0. The molecule has 1 atom stereocenters. The van der Waals surface area contributed by atoms with Crippen LogP contribution in [-0.2, 0) is 6.42 Å². The van der Waals surface area contributed by atoms with E-state index in [9.17, 15) is 5.11 Å². The second kappa shape index (κ2) is 8.35. The number of ether oxygens (including phenoxy) is 1. The van der Waals surface area contributed by atoms with Crippen molar-refractivity contribution in [3.05, 3.63) is 77.4 Å². The van der Waals surface area contributed by atoms with Crippen LogP contribution in [0.4, 0.5) is 0 Å². The summed E-state index contributed by atoms with van der Waals surface area (Å²) in [6.45, 7) is 10.7. The molecule has 0 spiro atoms. The molecule has 0 saturated heterocycles. The Hall–Kier alpha value is -2.06. The predicted molar refractivity (Wildman–Crippen MR) is 105 cm³/mol. The number of hydrogen-bond acceptors (Lipinski definition) is 2. The predicted octanol–water partition coefficient (Wildman–Crippen LogP) is 5.63. The van der Waals surface area contributed by atoms with Crippen LogP contribution in [0, 0.1) is 11.8 Å². The van der Waals surface area contributed by atoms with E-state index < -0.39 is 5.79 Å². The minimum Gasteiger partial charge on any atom is -0.458 e. The summed E-state index contributed by atoms with van der Waals surface area (Å²) in [5, 5.41) is 11.6. The lowest BCUT2D eigenvalue weighted by molar-refractivity contribution is -0.105. The van der Waals surface area contributed by atoms with Gasteiger partial charge in [-0.05, 0) is 42.0 Å². The number of hydrogen-bond donors (Lipinski definition) is 1. The van der Waals surface area contributed by atoms with Gasteiger partial charge in [-0.15, -0.1) is 0 Å². The summed E-state index contributed by atoms with van der Waals surface area (Å²) in [6, 6.07) is 19.6. The van der Waals surface area contributed by atoms with E-state index in [0.717, 1.165) is 11.1 Å². The van der Waals surface area contributed by atoms with Crippen LogP contribution in [0.3, 0.4) is 0 Å². The fraction of sp³-hybridized carbons (Fsp3) is 0.391. The Bertz CT molecular complexity index is 633. The molecule has 0 saturated carbocycles. The summed E-state index contributed by atoms with van der Waals surface area (Å²) in [6.07, 6.45) is 0.414. The third-order valence-corrected chi connectivity index (χ3v) is 4.58. The highest BCUT2D eigenvalue weighted by atomic mass is 16.6. The Labute approximate surface area is 152 Å². The molecule has 0 aliphatic carbocycles. The molecule has 0 radical (unpaired) electrons. The maximum absolute atomic E-state index is 11.6. The molecule has 1 N–H and O–H groups in total. The largest absolute Gasteiger partial charge is 0.458 e. The first kappa shape index (κ1) is 19.3. The second-order valence-corrected chi connectivity index (χ2v) is 7.25. The quantitative estimate of drug-likeness (QED) is 0.524. The minimum atomic E-state index is -1.37. The van der Waals surface area contributed by atoms with Crippen molar-refractivity contribution in [1.82, 2.24) is 0 Å². The third-order valence-electron chi connectivity index (χ3n) is 4.58. The zero-order valence-corrected chi connectivity index (χ0v) is 16.0. The van der Waals surface area contributed by atoms with Gasteiger partial charge in [0.25, 0.3) is 0 Å². The lowest BCUT2D eigenvalue weighted by Gasteiger charge is -2.34. The van der Waals surface area contributed by atoms with Crippen LogP contribution in [-0.4, -0.2) is 10.9 Å². The van der Waals surface area contributed by atoms with Gasteiger partial charge in [-0.3, -0.25) is 0 Å². The molecule has 2 nitrogen and oxygen atoms in total. The molecule has 2 aromatic rings. The summed E-state index contributed by atoms with van der Waals surface area (Å²) in [5.41, 5.74) is 3.20. The van der Waals surface area contributed by atoms with E-state index >= 15 is 0 Å². The lowest BCUT2D eigenvalue weighted by Crippen LogP contribution is -2.41. The molecule has 0 aliphatic heterocycles. The van der Waals surface area contributed by atoms with Gasteiger partial charge in [-0.2, -0.15) is 0 Å². The van der Waals surface area contributed by atoms with Crippen molar-refractivity contribution in [2.45, 2.75) is 46.8 Å². The SMILES string of the molecule is CC(=C(C(C)C)C(C)C)C(O)(Cc1ccccc1)Oc1ccccc1. The highest BCUT2D eigenvalue weighted by Gasteiger charge is 2.35. The van der Waals surface area contributed by atoms with E-state index in [0.29, 0.717) is 24.0 Å². The smallest absolute Gasteiger partial charge is 0.234 e. The topological polar surface area (TPSA) is 29.5 Å². The van der Waals surface area contributed by atoms with Crippen molar-refractivity contribution in [2.24, 2.45) is 11.8 Å². The molecule has 0 bridgehead atoms. The van der Waals surface area contributed by atoms with Gasteiger partial charge in [-0.1, -0.05) is 81.8 Å². The second-order valence-electron chi connectivity index (χ2n) is 7.25. The summed E-state index contributed by atoms with van der Waals surface area (Å²) in [7, 11) is 0. The van der Waals surface area contributed by atoms with E-state index in [1.54, 1.807) is 0 Å². The molecule has 134 valence electrons. The molecule has 0 amide bonds. The first-order chi connectivity index (χ1) is 11.8. The van der Waals surface area contributed by atoms with E-state index in [2.05, 4.69) is 27.7 Å². The number of rotatable bonds is 7. The van der Waals surface area contributed by atoms with Gasteiger partial charge in [0.15, 0.2) is 0 Å². The number of allylic oxidation sites excluding steroid dienone is 1. The maximum atomic E-state index is 11.6. The molecular formula is C23H30O2. The Kier molecular flexibility index (Phi) is 6.44. The van der Waals surface area contributed by atoms with Crippen molar-refractivity contribution in [2.75, 3.05) is 0 Å². The average Bonchev–Trinajstić information content (AvgIpc) is 2.56. The standard InChI is InChI=1S/C23H30O2/c1-17(2)22(18(3)4)19(5)23(24,16-20-12-8-6-9-13-20)25-21-14-10-7-11-15-21/h6-15,17-18,24H,16H2,1-5H3. The zero-order chi connectivity index (χ0) is 18.4. The zero-order valence-electron chi connectivity index (χ0n) is 16.0. The summed E-state index contributed by atoms with van der Waals surface area (Å²) in [5.74, 6) is 0.00235. The van der Waals surface area contributed by atoms with Gasteiger partial charge in [0.1, 0.15) is 5.75 Å². The number of aliphatic hydroxyl groups is 1. The fourth-order valence-corrected chi connectivity index (χ4v) is 3.56. The molecule has 0 fully saturated rings. The Morgan fingerprint density at radius 3 is 1.84 bits per heavy atom. The fourth-order valence-electron chi connectivity index (χ4n) is 3.56. The molecule has 1 unspecified atom stereocenters. The molecule has 2 aromatic carbocycles. The van der Waals surface area contributed by atoms with Gasteiger partial charge >= 0.3 is 0 Å². The third kappa shape index (κ3) is 4.96. The summed E-state index contributed by atoms with van der Waals surface area (Å²) < 4.78 is 6.15. The first-order valence-electron chi connectivity index (χ1n) is 9.05. The van der Waals surface area contributed by atoms with Crippen molar-refractivity contribution in [3.8, 4) is 5.75 Å². The van der Waals surface area contributed by atoms with Crippen LogP contribution in [0.15, 0.2) is 71.8 Å². The normalized spacial score (nSPS) is 13.6. The van der Waals surface area contributed by atoms with Gasteiger partial charge < -0.3 is 9.84 Å². The van der Waals surface area contributed by atoms with Gasteiger partial charge in [0.05, 0.1) is 0 Å². The van der Waals surface area contributed by atoms with Crippen LogP contribution in [0.5, 0.6) is 5.75 Å². The molecule has 0 aliphatic rings. The van der Waals surface area contributed by atoms with E-state index in [-0.39, 0.29) is 0 Å². The van der Waals surface area contributed by atoms with E-state index in [4.69, 9.17) is 4.74 Å². The van der Waals surface area contributed by atoms with Crippen molar-refractivity contribution >= 4 is 0 Å². The highest BCUT2D eigenvalue weighted by molar-refractivity contribution is 5.30. The Morgan fingerprint density at radius 2 is 1.36 bits per heavy atom. The van der Waals surface area contributed by atoms with Gasteiger partial charge in [-0.25, -0.2) is 0 Å². The van der Waals surface area contributed by atoms with Crippen LogP contribution >= 0.6 is 0 Å². The van der Waals surface area contributed by atoms with Crippen LogP contribution in [0.1, 0.15) is 40.2 Å². The Morgan fingerprint density at radius 1 is 0.880 bits per heavy atom. The van der Waals surface area contributed by atoms with Crippen molar-refractivity contribution < 1.29 is 9.84 Å². The molecule has 25 heavy (non-hydrogen) atoms. The van der Waals surface area contributed by atoms with Crippen LogP contribution in [0.25, 0.3) is 0 Å². The van der Waals surface area contributed by atoms with Gasteiger partial charge in [0.2, 0.25) is 5.79 Å². The average molecular weight is 338 g/mol. The van der Waals surface area contributed by atoms with Crippen LogP contribution < -0.4 is 4.74 Å². The first-order valence-corrected chi connectivity index (χ1v) is 9.05. The molecular weight excluding hydrogens is 308 g/mol. The number of benzene rings is 2. The lowest BCUT2D eigenvalue weighted by atomic mass is 9.84. The molecule has 0 heterocycles. The molecule has 2 rings (SSSR count). The highest BCUT2D eigenvalue weighted by Crippen LogP contribution is 2.33.